The van der Waals surface area contributed by atoms with E-state index in [1.165, 1.54) is 19.3 Å². The van der Waals surface area contributed by atoms with E-state index in [0.717, 1.165) is 32.3 Å². The molecule has 5 nitrogen and oxygen atoms in total. The summed E-state index contributed by atoms with van der Waals surface area (Å²) in [6, 6.07) is 0.180. The molecule has 2 fully saturated rings. The molecule has 2 aliphatic carbocycles. The number of Topliss-reactive ketones (excluding diaryl/α,β-unsaturated/α-hetero) is 1. The van der Waals surface area contributed by atoms with E-state index in [0.29, 0.717) is 43.0 Å². The summed E-state index contributed by atoms with van der Waals surface area (Å²) in [4.78, 5) is 12.3. The van der Waals surface area contributed by atoms with Gasteiger partial charge in [0.05, 0.1) is 6.61 Å². The lowest BCUT2D eigenvalue weighted by atomic mass is 9.81. The highest BCUT2D eigenvalue weighted by Crippen LogP contribution is 2.50. The third-order valence-corrected chi connectivity index (χ3v) is 6.33. The summed E-state index contributed by atoms with van der Waals surface area (Å²) in [6.45, 7) is 3.28. The molecular formula is C18H33NO4S. The molecule has 2 aliphatic rings. The fraction of sp³-hybridized carbons (Fsp3) is 0.944. The van der Waals surface area contributed by atoms with Crippen LogP contribution in [0.2, 0.25) is 0 Å². The average molecular weight is 360 g/mol. The number of methoxy groups -OCH3 is 1. The van der Waals surface area contributed by atoms with Crippen molar-refractivity contribution in [3.05, 3.63) is 0 Å². The molecule has 0 aromatic heterocycles. The van der Waals surface area contributed by atoms with Gasteiger partial charge in [-0.3, -0.25) is 8.98 Å². The van der Waals surface area contributed by atoms with Crippen LogP contribution in [0.4, 0.5) is 0 Å². The second-order valence-corrected chi connectivity index (χ2v) is 8.18. The third kappa shape index (κ3) is 5.90. The number of carbonyl (C=O) groups is 1. The number of carbonyl (C=O) groups excluding carboxylic acids is 1. The highest BCUT2D eigenvalue weighted by atomic mass is 32.2. The first-order chi connectivity index (χ1) is 11.7. The number of nitrogens with one attached hydrogen (secondary N) is 1. The van der Waals surface area contributed by atoms with Crippen LogP contribution in [0, 0.1) is 17.8 Å². The Morgan fingerprint density at radius 3 is 2.71 bits per heavy atom. The molecule has 6 heteroatoms. The fourth-order valence-electron chi connectivity index (χ4n) is 4.30. The zero-order valence-electron chi connectivity index (χ0n) is 15.1. The van der Waals surface area contributed by atoms with Crippen molar-refractivity contribution in [1.82, 2.24) is 4.72 Å². The Labute approximate surface area is 149 Å². The fourth-order valence-corrected chi connectivity index (χ4v) is 5.28. The van der Waals surface area contributed by atoms with E-state index in [-0.39, 0.29) is 6.04 Å². The van der Waals surface area contributed by atoms with Crippen LogP contribution >= 0.6 is 0 Å². The lowest BCUT2D eigenvalue weighted by molar-refractivity contribution is -0.120. The highest BCUT2D eigenvalue weighted by Gasteiger charge is 2.48. The maximum atomic E-state index is 12.3. The summed E-state index contributed by atoms with van der Waals surface area (Å²) in [5, 5.41) is 0. The lowest BCUT2D eigenvalue weighted by Gasteiger charge is -2.30. The van der Waals surface area contributed by atoms with E-state index in [1.54, 1.807) is 7.11 Å². The summed E-state index contributed by atoms with van der Waals surface area (Å²) in [6.07, 6.45) is 8.76. The van der Waals surface area contributed by atoms with E-state index in [2.05, 4.69) is 4.72 Å². The molecule has 0 aromatic carbocycles. The molecule has 0 heterocycles. The van der Waals surface area contributed by atoms with Crippen LogP contribution in [-0.2, 0) is 25.0 Å². The molecule has 5 atom stereocenters. The summed E-state index contributed by atoms with van der Waals surface area (Å²) in [5.41, 5.74) is 0. The SMILES string of the molecule is CCCOS(=O)NC1[C@H]2CC[C@H](C2)[C@H]1CC(=O)CCCCCOC. The normalized spacial score (nSPS) is 29.9. The second-order valence-electron chi connectivity index (χ2n) is 7.24. The van der Waals surface area contributed by atoms with Gasteiger partial charge in [0.2, 0.25) is 11.3 Å². The van der Waals surface area contributed by atoms with Crippen molar-refractivity contribution in [3.63, 3.8) is 0 Å². The summed E-state index contributed by atoms with van der Waals surface area (Å²) in [7, 11) is 1.71. The van der Waals surface area contributed by atoms with E-state index in [9.17, 15) is 9.00 Å². The van der Waals surface area contributed by atoms with Crippen molar-refractivity contribution in [3.8, 4) is 0 Å². The third-order valence-electron chi connectivity index (χ3n) is 5.48. The van der Waals surface area contributed by atoms with Gasteiger partial charge in [-0.25, -0.2) is 8.93 Å². The molecule has 2 rings (SSSR count). The number of hydrogen-bond donors (Lipinski definition) is 1. The molecule has 140 valence electrons. The number of ketones is 1. The van der Waals surface area contributed by atoms with Gasteiger partial charge in [0.15, 0.2) is 0 Å². The van der Waals surface area contributed by atoms with Crippen LogP contribution in [0.15, 0.2) is 0 Å². The highest BCUT2D eigenvalue weighted by molar-refractivity contribution is 7.78. The molecule has 0 radical (unpaired) electrons. The zero-order valence-corrected chi connectivity index (χ0v) is 15.9. The first-order valence-electron chi connectivity index (χ1n) is 9.47. The molecule has 2 saturated carbocycles. The van der Waals surface area contributed by atoms with Crippen LogP contribution in [0.1, 0.15) is 64.7 Å². The first-order valence-corrected chi connectivity index (χ1v) is 10.5. The Morgan fingerprint density at radius 1 is 1.17 bits per heavy atom. The minimum atomic E-state index is -1.43. The number of ether oxygens (including phenoxy) is 1. The number of unbranched alkanes of at least 4 members (excludes halogenated alkanes) is 2. The molecule has 0 spiro atoms. The predicted octanol–water partition coefficient (Wildman–Crippen LogP) is 3.16. The first kappa shape index (κ1) is 20.0. The zero-order chi connectivity index (χ0) is 17.4. The minimum Gasteiger partial charge on any atom is -0.385 e. The van der Waals surface area contributed by atoms with Gasteiger partial charge in [0.1, 0.15) is 5.78 Å². The smallest absolute Gasteiger partial charge is 0.234 e. The van der Waals surface area contributed by atoms with E-state index < -0.39 is 11.3 Å². The molecule has 2 unspecified atom stereocenters. The van der Waals surface area contributed by atoms with Crippen molar-refractivity contribution < 1.29 is 17.9 Å². The maximum Gasteiger partial charge on any atom is 0.234 e. The van der Waals surface area contributed by atoms with Crippen LogP contribution < -0.4 is 4.72 Å². The van der Waals surface area contributed by atoms with Crippen molar-refractivity contribution >= 4 is 17.0 Å². The Kier molecular flexibility index (Phi) is 8.87. The maximum absolute atomic E-state index is 12.3. The number of fused-ring (bicyclic) bond motifs is 2. The summed E-state index contributed by atoms with van der Waals surface area (Å²) >= 11 is -1.43. The van der Waals surface area contributed by atoms with Crippen LogP contribution in [-0.4, -0.2) is 36.4 Å². The average Bonchev–Trinajstić information content (AvgIpc) is 3.15. The monoisotopic (exact) mass is 359 g/mol. The lowest BCUT2D eigenvalue weighted by Crippen LogP contribution is -2.42. The quantitative estimate of drug-likeness (QED) is 0.513. The van der Waals surface area contributed by atoms with Crippen LogP contribution in [0.3, 0.4) is 0 Å². The second kappa shape index (κ2) is 10.6. The van der Waals surface area contributed by atoms with Gasteiger partial charge in [0, 0.05) is 32.6 Å². The minimum absolute atomic E-state index is 0.180. The number of hydrogen-bond acceptors (Lipinski definition) is 4. The largest absolute Gasteiger partial charge is 0.385 e. The molecule has 0 aromatic rings. The van der Waals surface area contributed by atoms with Gasteiger partial charge in [-0.05, 0) is 56.3 Å². The molecule has 0 amide bonds. The Hall–Kier alpha value is -0.300. The predicted molar refractivity (Wildman–Crippen MR) is 95.6 cm³/mol. The van der Waals surface area contributed by atoms with Gasteiger partial charge in [-0.15, -0.1) is 0 Å². The van der Waals surface area contributed by atoms with Gasteiger partial charge in [0.25, 0.3) is 0 Å². The van der Waals surface area contributed by atoms with Crippen molar-refractivity contribution in [2.45, 2.75) is 70.8 Å². The Morgan fingerprint density at radius 2 is 1.96 bits per heavy atom. The van der Waals surface area contributed by atoms with Crippen molar-refractivity contribution in [2.75, 3.05) is 20.3 Å². The van der Waals surface area contributed by atoms with Crippen LogP contribution in [0.25, 0.3) is 0 Å². The standard InChI is InChI=1S/C18H33NO4S/c1-3-10-23-24(21)19-18-15-9-8-14(12-15)17(18)13-16(20)7-5-4-6-11-22-2/h14-15,17-19H,3-13H2,1-2H3/t14-,15+,17-,18?,24?/m1/s1. The van der Waals surface area contributed by atoms with E-state index in [4.69, 9.17) is 8.92 Å². The van der Waals surface area contributed by atoms with Gasteiger partial charge in [-0.1, -0.05) is 13.3 Å². The van der Waals surface area contributed by atoms with Gasteiger partial charge >= 0.3 is 0 Å². The van der Waals surface area contributed by atoms with Gasteiger partial charge in [-0.2, -0.15) is 0 Å². The van der Waals surface area contributed by atoms with E-state index >= 15 is 0 Å². The molecule has 1 N–H and O–H groups in total. The molecule has 24 heavy (non-hydrogen) atoms. The molecule has 0 aliphatic heterocycles. The molecule has 0 saturated heterocycles. The topological polar surface area (TPSA) is 64.6 Å². The summed E-state index contributed by atoms with van der Waals surface area (Å²) < 4.78 is 25.5. The van der Waals surface area contributed by atoms with Gasteiger partial charge < -0.3 is 4.74 Å². The van der Waals surface area contributed by atoms with Crippen LogP contribution in [0.5, 0.6) is 0 Å². The molecular weight excluding hydrogens is 326 g/mol. The number of rotatable bonds is 13. The Balaban J connectivity index is 1.76. The summed E-state index contributed by atoms with van der Waals surface area (Å²) in [5.74, 6) is 1.87. The Bertz CT molecular complexity index is 418. The molecule has 2 bridgehead atoms. The van der Waals surface area contributed by atoms with Crippen molar-refractivity contribution in [2.24, 2.45) is 17.8 Å². The van der Waals surface area contributed by atoms with Crippen molar-refractivity contribution in [1.29, 1.82) is 0 Å². The van der Waals surface area contributed by atoms with E-state index in [1.807, 2.05) is 6.92 Å².